The molecule has 21 heavy (non-hydrogen) atoms. The van der Waals surface area contributed by atoms with Gasteiger partial charge in [0.1, 0.15) is 0 Å². The van der Waals surface area contributed by atoms with E-state index in [1.54, 1.807) is 24.5 Å². The second-order valence-electron chi connectivity index (χ2n) is 5.61. The number of amides is 1. The van der Waals surface area contributed by atoms with Crippen molar-refractivity contribution < 1.29 is 4.79 Å². The minimum absolute atomic E-state index is 0. The Balaban J connectivity index is 0.00000161. The van der Waals surface area contributed by atoms with Gasteiger partial charge in [-0.2, -0.15) is 0 Å². The molecule has 1 heterocycles. The SMILES string of the molecule is CC(CN)(NC(=O)c1ccc2nccnc2c1)C1CC1.Cl. The van der Waals surface area contributed by atoms with E-state index in [0.717, 1.165) is 23.9 Å². The molecule has 112 valence electrons. The Morgan fingerprint density at radius 1 is 1.33 bits per heavy atom. The number of benzene rings is 1. The second-order valence-corrected chi connectivity index (χ2v) is 5.61. The molecule has 1 amide bonds. The van der Waals surface area contributed by atoms with Crippen LogP contribution in [0.5, 0.6) is 0 Å². The van der Waals surface area contributed by atoms with E-state index in [1.807, 2.05) is 13.0 Å². The Hall–Kier alpha value is -1.72. The van der Waals surface area contributed by atoms with Crippen LogP contribution in [0.15, 0.2) is 30.6 Å². The van der Waals surface area contributed by atoms with Gasteiger partial charge < -0.3 is 11.1 Å². The molecular formula is C15H19ClN4O. The van der Waals surface area contributed by atoms with Gasteiger partial charge >= 0.3 is 0 Å². The molecule has 0 radical (unpaired) electrons. The van der Waals surface area contributed by atoms with Crippen molar-refractivity contribution >= 4 is 29.3 Å². The zero-order chi connectivity index (χ0) is 14.2. The maximum atomic E-state index is 12.4. The molecule has 0 saturated heterocycles. The number of nitrogens with one attached hydrogen (secondary N) is 1. The van der Waals surface area contributed by atoms with Gasteiger partial charge in [-0.05, 0) is 43.9 Å². The maximum absolute atomic E-state index is 12.4. The third-order valence-corrected chi connectivity index (χ3v) is 4.03. The highest BCUT2D eigenvalue weighted by Gasteiger charge is 2.41. The molecule has 2 aromatic rings. The van der Waals surface area contributed by atoms with Crippen LogP contribution in [0, 0.1) is 5.92 Å². The first kappa shape index (κ1) is 15.7. The highest BCUT2D eigenvalue weighted by molar-refractivity contribution is 5.97. The van der Waals surface area contributed by atoms with Gasteiger partial charge in [0.15, 0.2) is 0 Å². The molecule has 6 heteroatoms. The third kappa shape index (κ3) is 3.14. The summed E-state index contributed by atoms with van der Waals surface area (Å²) in [5.74, 6) is 0.397. The van der Waals surface area contributed by atoms with Crippen LogP contribution in [-0.4, -0.2) is 28.0 Å². The van der Waals surface area contributed by atoms with E-state index < -0.39 is 0 Å². The van der Waals surface area contributed by atoms with E-state index in [0.29, 0.717) is 18.0 Å². The van der Waals surface area contributed by atoms with Gasteiger partial charge in [-0.3, -0.25) is 14.8 Å². The molecular weight excluding hydrogens is 288 g/mol. The van der Waals surface area contributed by atoms with E-state index in [2.05, 4.69) is 15.3 Å². The van der Waals surface area contributed by atoms with Crippen LogP contribution in [0.1, 0.15) is 30.1 Å². The summed E-state index contributed by atoms with van der Waals surface area (Å²) in [6, 6.07) is 5.35. The van der Waals surface area contributed by atoms with Crippen molar-refractivity contribution in [2.75, 3.05) is 6.54 Å². The summed E-state index contributed by atoms with van der Waals surface area (Å²) in [6.45, 7) is 2.47. The van der Waals surface area contributed by atoms with Crippen LogP contribution in [0.4, 0.5) is 0 Å². The molecule has 0 spiro atoms. The minimum Gasteiger partial charge on any atom is -0.345 e. The quantitative estimate of drug-likeness (QED) is 0.904. The van der Waals surface area contributed by atoms with Crippen molar-refractivity contribution in [3.63, 3.8) is 0 Å². The average molecular weight is 307 g/mol. The normalized spacial score (nSPS) is 16.9. The van der Waals surface area contributed by atoms with Gasteiger partial charge in [-0.15, -0.1) is 12.4 Å². The molecule has 0 bridgehead atoms. The zero-order valence-corrected chi connectivity index (χ0v) is 12.7. The number of aromatic nitrogens is 2. The highest BCUT2D eigenvalue weighted by atomic mass is 35.5. The molecule has 5 nitrogen and oxygen atoms in total. The summed E-state index contributed by atoms with van der Waals surface area (Å²) in [5, 5.41) is 3.07. The van der Waals surface area contributed by atoms with Crippen molar-refractivity contribution in [3.05, 3.63) is 36.2 Å². The molecule has 1 aliphatic carbocycles. The second kappa shape index (κ2) is 5.95. The molecule has 3 rings (SSSR count). The lowest BCUT2D eigenvalue weighted by Crippen LogP contribution is -2.53. The molecule has 1 unspecified atom stereocenters. The summed E-state index contributed by atoms with van der Waals surface area (Å²) in [5.41, 5.74) is 7.62. The average Bonchev–Trinajstić information content (AvgIpc) is 3.31. The van der Waals surface area contributed by atoms with Gasteiger partial charge in [0.05, 0.1) is 16.6 Å². The first-order valence-corrected chi connectivity index (χ1v) is 6.86. The van der Waals surface area contributed by atoms with Crippen molar-refractivity contribution in [1.82, 2.24) is 15.3 Å². The summed E-state index contributed by atoms with van der Waals surface area (Å²) in [7, 11) is 0. The number of nitrogens with two attached hydrogens (primary N) is 1. The van der Waals surface area contributed by atoms with Gasteiger partial charge in [0.2, 0.25) is 0 Å². The van der Waals surface area contributed by atoms with E-state index in [1.165, 1.54) is 0 Å². The number of fused-ring (bicyclic) bond motifs is 1. The number of carbonyl (C=O) groups excluding carboxylic acids is 1. The molecule has 1 saturated carbocycles. The van der Waals surface area contributed by atoms with Crippen LogP contribution < -0.4 is 11.1 Å². The fraction of sp³-hybridized carbons (Fsp3) is 0.400. The number of nitrogens with zero attached hydrogens (tertiary/aromatic N) is 2. The van der Waals surface area contributed by atoms with E-state index in [9.17, 15) is 4.79 Å². The molecule has 3 N–H and O–H groups in total. The summed E-state index contributed by atoms with van der Waals surface area (Å²) in [4.78, 5) is 20.8. The Morgan fingerprint density at radius 2 is 2.00 bits per heavy atom. The van der Waals surface area contributed by atoms with Gasteiger partial charge in [-0.25, -0.2) is 0 Å². The Labute approximate surface area is 129 Å². The third-order valence-electron chi connectivity index (χ3n) is 4.03. The lowest BCUT2D eigenvalue weighted by Gasteiger charge is -2.29. The van der Waals surface area contributed by atoms with Crippen LogP contribution in [0.2, 0.25) is 0 Å². The van der Waals surface area contributed by atoms with Gasteiger partial charge in [-0.1, -0.05) is 0 Å². The Kier molecular flexibility index (Phi) is 4.44. The van der Waals surface area contributed by atoms with Crippen molar-refractivity contribution in [2.24, 2.45) is 11.7 Å². The van der Waals surface area contributed by atoms with Crippen molar-refractivity contribution in [1.29, 1.82) is 0 Å². The lowest BCUT2D eigenvalue weighted by molar-refractivity contribution is 0.0898. The predicted octanol–water partition coefficient (Wildman–Crippen LogP) is 1.91. The zero-order valence-electron chi connectivity index (χ0n) is 11.9. The molecule has 0 aliphatic heterocycles. The van der Waals surface area contributed by atoms with Crippen LogP contribution in [0.25, 0.3) is 11.0 Å². The maximum Gasteiger partial charge on any atom is 0.251 e. The lowest BCUT2D eigenvalue weighted by atomic mass is 9.95. The highest BCUT2D eigenvalue weighted by Crippen LogP contribution is 2.39. The number of hydrogen-bond acceptors (Lipinski definition) is 4. The standard InChI is InChI=1S/C15H18N4O.ClH/c1-15(9-16,11-3-4-11)19-14(20)10-2-5-12-13(8-10)18-7-6-17-12;/h2,5-8,11H,3-4,9,16H2,1H3,(H,19,20);1H. The largest absolute Gasteiger partial charge is 0.345 e. The molecule has 1 aliphatic rings. The first-order chi connectivity index (χ1) is 9.62. The first-order valence-electron chi connectivity index (χ1n) is 6.86. The summed E-state index contributed by atoms with van der Waals surface area (Å²) < 4.78 is 0. The fourth-order valence-corrected chi connectivity index (χ4v) is 2.48. The van der Waals surface area contributed by atoms with Crippen LogP contribution in [0.3, 0.4) is 0 Å². The smallest absolute Gasteiger partial charge is 0.251 e. The van der Waals surface area contributed by atoms with Crippen LogP contribution in [-0.2, 0) is 0 Å². The molecule has 1 fully saturated rings. The topological polar surface area (TPSA) is 80.9 Å². The van der Waals surface area contributed by atoms with Crippen molar-refractivity contribution in [3.8, 4) is 0 Å². The summed E-state index contributed by atoms with van der Waals surface area (Å²) >= 11 is 0. The monoisotopic (exact) mass is 306 g/mol. The summed E-state index contributed by atoms with van der Waals surface area (Å²) in [6.07, 6.45) is 5.53. The van der Waals surface area contributed by atoms with E-state index >= 15 is 0 Å². The Morgan fingerprint density at radius 3 is 2.62 bits per heavy atom. The fourth-order valence-electron chi connectivity index (χ4n) is 2.48. The van der Waals surface area contributed by atoms with E-state index in [-0.39, 0.29) is 23.9 Å². The molecule has 1 aromatic heterocycles. The number of rotatable bonds is 4. The van der Waals surface area contributed by atoms with Gasteiger partial charge in [0.25, 0.3) is 5.91 Å². The molecule has 1 atom stereocenters. The predicted molar refractivity (Wildman–Crippen MR) is 84.4 cm³/mol. The van der Waals surface area contributed by atoms with Crippen LogP contribution >= 0.6 is 12.4 Å². The minimum atomic E-state index is -0.311. The number of carbonyl (C=O) groups is 1. The Bertz CT molecular complexity index is 659. The van der Waals surface area contributed by atoms with Gasteiger partial charge in [0, 0.05) is 24.5 Å². The number of halogens is 1. The van der Waals surface area contributed by atoms with Crippen molar-refractivity contribution in [2.45, 2.75) is 25.3 Å². The molecule has 1 aromatic carbocycles. The number of hydrogen-bond donors (Lipinski definition) is 2. The van der Waals surface area contributed by atoms with E-state index in [4.69, 9.17) is 5.73 Å².